The number of hydrogen-bond donors (Lipinski definition) is 0. The molecule has 0 fully saturated rings. The fourth-order valence-electron chi connectivity index (χ4n) is 11.0. The number of aryl methyl sites for hydroxylation is 8. The van der Waals surface area contributed by atoms with Crippen molar-refractivity contribution in [3.63, 3.8) is 0 Å². The van der Waals surface area contributed by atoms with Gasteiger partial charge in [-0.25, -0.2) is 0 Å². The Labute approximate surface area is 406 Å². The Morgan fingerprint density at radius 1 is 0.304 bits per heavy atom. The fourth-order valence-corrected chi connectivity index (χ4v) is 11.0. The van der Waals surface area contributed by atoms with E-state index in [1.165, 1.54) is 83.1 Å². The molecule has 0 spiro atoms. The Bertz CT molecular complexity index is 3510. The average Bonchev–Trinajstić information content (AvgIpc) is 3.84. The van der Waals surface area contributed by atoms with Crippen LogP contribution < -0.4 is 9.80 Å². The van der Waals surface area contributed by atoms with Crippen LogP contribution in [0.3, 0.4) is 0 Å². The Hall–Kier alpha value is -7.30. The van der Waals surface area contributed by atoms with Gasteiger partial charge < -0.3 is 18.6 Å². The van der Waals surface area contributed by atoms with Crippen molar-refractivity contribution in [2.24, 2.45) is 0 Å². The second kappa shape index (κ2) is 16.2. The monoisotopic (exact) mass is 902 g/mol. The predicted molar refractivity (Wildman–Crippen MR) is 296 cm³/mol. The number of fused-ring (bicyclic) bond motifs is 8. The van der Waals surface area contributed by atoms with Gasteiger partial charge in [-0.2, -0.15) is 0 Å². The minimum Gasteiger partial charge on any atom is -0.456 e. The van der Waals surface area contributed by atoms with E-state index in [9.17, 15) is 0 Å². The van der Waals surface area contributed by atoms with Crippen LogP contribution in [0.5, 0.6) is 0 Å². The third-order valence-corrected chi connectivity index (χ3v) is 15.9. The number of nitrogens with zero attached hydrogens (tertiary/aromatic N) is 2. The van der Waals surface area contributed by atoms with Gasteiger partial charge in [-0.3, -0.25) is 0 Å². The first-order valence-corrected chi connectivity index (χ1v) is 24.6. The minimum absolute atomic E-state index is 0.210. The Kier molecular flexibility index (Phi) is 10.4. The molecular formula is C65H62N2O2. The molecule has 4 heteroatoms. The average molecular weight is 903 g/mol. The molecule has 69 heavy (non-hydrogen) atoms. The van der Waals surface area contributed by atoms with Crippen molar-refractivity contribution in [1.82, 2.24) is 0 Å². The molecule has 0 aliphatic rings. The van der Waals surface area contributed by atoms with Gasteiger partial charge in [0.15, 0.2) is 0 Å². The Balaban J connectivity index is 1.06. The van der Waals surface area contributed by atoms with Crippen molar-refractivity contribution in [2.75, 3.05) is 9.80 Å². The van der Waals surface area contributed by atoms with E-state index in [0.29, 0.717) is 0 Å². The lowest BCUT2D eigenvalue weighted by molar-refractivity contribution is 0.655. The molecule has 0 amide bonds. The van der Waals surface area contributed by atoms with Gasteiger partial charge in [0.2, 0.25) is 0 Å². The third-order valence-electron chi connectivity index (χ3n) is 15.9. The number of hydrogen-bond acceptors (Lipinski definition) is 4. The second-order valence-corrected chi connectivity index (χ2v) is 20.6. The number of furan rings is 2. The van der Waals surface area contributed by atoms with Crippen LogP contribution in [0.2, 0.25) is 0 Å². The van der Waals surface area contributed by atoms with Crippen LogP contribution in [0.25, 0.3) is 65.4 Å². The molecule has 0 aliphatic heterocycles. The first-order chi connectivity index (χ1) is 32.9. The van der Waals surface area contributed by atoms with Gasteiger partial charge in [-0.05, 0) is 280 Å². The van der Waals surface area contributed by atoms with Crippen LogP contribution in [0, 0.1) is 83.1 Å². The number of anilines is 6. The maximum atomic E-state index is 6.89. The molecule has 11 rings (SSSR count). The molecule has 344 valence electrons. The van der Waals surface area contributed by atoms with Crippen molar-refractivity contribution in [3.8, 4) is 0 Å². The van der Waals surface area contributed by atoms with E-state index in [4.69, 9.17) is 8.83 Å². The molecule has 0 saturated carbocycles. The highest BCUT2D eigenvalue weighted by atomic mass is 16.3. The Morgan fingerprint density at radius 3 is 0.899 bits per heavy atom. The molecule has 11 aromatic rings. The quantitative estimate of drug-likeness (QED) is 0.160. The van der Waals surface area contributed by atoms with E-state index in [1.807, 2.05) is 0 Å². The highest BCUT2D eigenvalue weighted by Crippen LogP contribution is 2.47. The molecule has 0 aliphatic carbocycles. The molecule has 2 heterocycles. The lowest BCUT2D eigenvalue weighted by Crippen LogP contribution is -2.12. The number of benzene rings is 9. The highest BCUT2D eigenvalue weighted by molar-refractivity contribution is 6.21. The van der Waals surface area contributed by atoms with E-state index in [-0.39, 0.29) is 5.92 Å². The molecule has 0 radical (unpaired) electrons. The largest absolute Gasteiger partial charge is 0.456 e. The van der Waals surface area contributed by atoms with Gasteiger partial charge in [0.25, 0.3) is 0 Å². The van der Waals surface area contributed by atoms with Gasteiger partial charge in [0.05, 0.1) is 0 Å². The van der Waals surface area contributed by atoms with Crippen molar-refractivity contribution < 1.29 is 8.83 Å². The molecular weight excluding hydrogens is 841 g/mol. The molecule has 0 saturated heterocycles. The van der Waals surface area contributed by atoms with Gasteiger partial charge in [-0.1, -0.05) is 26.0 Å². The van der Waals surface area contributed by atoms with Gasteiger partial charge in [-0.15, -0.1) is 0 Å². The van der Waals surface area contributed by atoms with Gasteiger partial charge in [0.1, 0.15) is 22.3 Å². The summed E-state index contributed by atoms with van der Waals surface area (Å²) >= 11 is 0. The van der Waals surface area contributed by atoms with Crippen LogP contribution in [-0.2, 0) is 0 Å². The lowest BCUT2D eigenvalue weighted by atomic mass is 9.91. The summed E-state index contributed by atoms with van der Waals surface area (Å²) in [5.41, 5.74) is 27.2. The van der Waals surface area contributed by atoms with E-state index in [1.54, 1.807) is 0 Å². The molecule has 0 N–H and O–H groups in total. The zero-order valence-corrected chi connectivity index (χ0v) is 42.8. The zero-order chi connectivity index (χ0) is 48.5. The Morgan fingerprint density at radius 2 is 0.609 bits per heavy atom. The van der Waals surface area contributed by atoms with Crippen molar-refractivity contribution in [2.45, 2.75) is 103 Å². The first-order valence-electron chi connectivity index (χ1n) is 24.6. The second-order valence-electron chi connectivity index (χ2n) is 20.6. The van der Waals surface area contributed by atoms with Crippen LogP contribution >= 0.6 is 0 Å². The SMILES string of the molecule is Cc1cc(N(c2cc(C)c(C)c(C)c2)c2ccc3cc4c(cc3c2)oc2cc3oc5cc6cc(N(c7cc(C)c(C)c(C)c7)c7cc(C)c(C)c(C)c7)ccc6cc5c3c(C(C)C)c24)cc(C)c1C. The van der Waals surface area contributed by atoms with E-state index in [0.717, 1.165) is 88.8 Å². The third kappa shape index (κ3) is 7.18. The lowest BCUT2D eigenvalue weighted by Gasteiger charge is -2.28. The first kappa shape index (κ1) is 44.2. The normalized spacial score (nSPS) is 12.0. The van der Waals surface area contributed by atoms with Crippen LogP contribution in [0.1, 0.15) is 92.1 Å². The fraction of sp³-hybridized carbons (Fsp3) is 0.231. The topological polar surface area (TPSA) is 32.8 Å². The van der Waals surface area contributed by atoms with E-state index < -0.39 is 0 Å². The summed E-state index contributed by atoms with van der Waals surface area (Å²) in [4.78, 5) is 4.82. The molecule has 0 atom stereocenters. The maximum absolute atomic E-state index is 6.89. The summed E-state index contributed by atoms with van der Waals surface area (Å²) in [6.07, 6.45) is 0. The molecule has 2 aromatic heterocycles. The molecule has 0 bridgehead atoms. The van der Waals surface area contributed by atoms with Crippen molar-refractivity contribution >= 4 is 99.5 Å². The predicted octanol–water partition coefficient (Wildman–Crippen LogP) is 19.6. The van der Waals surface area contributed by atoms with Gasteiger partial charge in [0, 0.05) is 61.7 Å². The van der Waals surface area contributed by atoms with Crippen LogP contribution in [-0.4, -0.2) is 0 Å². The highest BCUT2D eigenvalue weighted by Gasteiger charge is 2.24. The van der Waals surface area contributed by atoms with E-state index in [2.05, 4.69) is 222 Å². The molecule has 4 nitrogen and oxygen atoms in total. The van der Waals surface area contributed by atoms with Crippen molar-refractivity contribution in [1.29, 1.82) is 0 Å². The summed E-state index contributed by atoms with van der Waals surface area (Å²) in [5, 5.41) is 9.21. The van der Waals surface area contributed by atoms with Gasteiger partial charge >= 0.3 is 0 Å². The van der Waals surface area contributed by atoms with Crippen LogP contribution in [0.15, 0.2) is 124 Å². The van der Waals surface area contributed by atoms with E-state index >= 15 is 0 Å². The minimum atomic E-state index is 0.210. The molecule has 0 unspecified atom stereocenters. The summed E-state index contributed by atoms with van der Waals surface area (Å²) in [6.45, 7) is 31.2. The maximum Gasteiger partial charge on any atom is 0.139 e. The smallest absolute Gasteiger partial charge is 0.139 e. The summed E-state index contributed by atoms with van der Waals surface area (Å²) in [6, 6.07) is 43.6. The van der Waals surface area contributed by atoms with Crippen molar-refractivity contribution in [3.05, 3.63) is 188 Å². The zero-order valence-electron chi connectivity index (χ0n) is 42.8. The summed E-state index contributed by atoms with van der Waals surface area (Å²) in [5.74, 6) is 0.210. The van der Waals surface area contributed by atoms with Crippen LogP contribution in [0.4, 0.5) is 34.1 Å². The number of rotatable bonds is 7. The summed E-state index contributed by atoms with van der Waals surface area (Å²) in [7, 11) is 0. The standard InChI is InChI=1S/C65H62N2O2/c1-34(2)63-64-57-29-47-15-17-51(66(53-19-35(3)43(11)36(4)20-53)54-21-37(5)44(12)38(6)22-54)27-49(47)31-59(57)68-61(64)33-62-65(63)58-30-48-16-18-52(28-50(48)32-60(58)69-62)67(55-23-39(7)45(13)40(8)24-55)56-25-41(9)46(14)42(10)26-56/h15-34H,1-14H3. The summed E-state index contributed by atoms with van der Waals surface area (Å²) < 4.78 is 13.8. The molecule has 9 aromatic carbocycles.